The van der Waals surface area contributed by atoms with E-state index in [1.54, 1.807) is 0 Å². The number of carbonyl (C=O) groups is 3. The van der Waals surface area contributed by atoms with Crippen molar-refractivity contribution < 1.29 is 24.2 Å². The summed E-state index contributed by atoms with van der Waals surface area (Å²) in [7, 11) is 0. The van der Waals surface area contributed by atoms with Crippen LogP contribution in [-0.2, 0) is 20.9 Å². The summed E-state index contributed by atoms with van der Waals surface area (Å²) in [6.07, 6.45) is -0.692. The van der Waals surface area contributed by atoms with Gasteiger partial charge < -0.3 is 20.1 Å². The molecule has 1 atom stereocenters. The molecule has 1 fully saturated rings. The van der Waals surface area contributed by atoms with Gasteiger partial charge in [-0.3, -0.25) is 9.59 Å². The summed E-state index contributed by atoms with van der Waals surface area (Å²) >= 11 is 0. The number of hydrogen-bond donors (Lipinski definition) is 2. The molecule has 0 spiro atoms. The van der Waals surface area contributed by atoms with E-state index in [2.05, 4.69) is 5.32 Å². The zero-order valence-electron chi connectivity index (χ0n) is 10.6. The van der Waals surface area contributed by atoms with Crippen LogP contribution in [0.3, 0.4) is 0 Å². The molecular formula is C13H14N2O5. The minimum atomic E-state index is -1.08. The second-order valence-corrected chi connectivity index (χ2v) is 4.37. The van der Waals surface area contributed by atoms with Crippen molar-refractivity contribution in [1.82, 2.24) is 10.2 Å². The smallest absolute Gasteiger partial charge is 0.408 e. The molecule has 7 heteroatoms. The minimum absolute atomic E-state index is 0.117. The van der Waals surface area contributed by atoms with E-state index >= 15 is 0 Å². The van der Waals surface area contributed by atoms with Crippen LogP contribution in [0, 0.1) is 0 Å². The average Bonchev–Trinajstić information content (AvgIpc) is 2.44. The molecule has 0 radical (unpaired) electrons. The number of benzene rings is 1. The highest BCUT2D eigenvalue weighted by Crippen LogP contribution is 2.10. The summed E-state index contributed by atoms with van der Waals surface area (Å²) in [5, 5.41) is 10.9. The lowest BCUT2D eigenvalue weighted by Gasteiger charge is -2.37. The van der Waals surface area contributed by atoms with Gasteiger partial charge in [0.2, 0.25) is 5.91 Å². The van der Waals surface area contributed by atoms with E-state index in [9.17, 15) is 14.4 Å². The van der Waals surface area contributed by atoms with Crippen LogP contribution in [0.15, 0.2) is 30.3 Å². The van der Waals surface area contributed by atoms with Crippen molar-refractivity contribution in [3.8, 4) is 0 Å². The fourth-order valence-electron chi connectivity index (χ4n) is 1.82. The van der Waals surface area contributed by atoms with Crippen molar-refractivity contribution in [2.45, 2.75) is 12.6 Å². The Morgan fingerprint density at radius 1 is 1.35 bits per heavy atom. The number of carboxylic acids is 1. The molecule has 2 N–H and O–H groups in total. The molecule has 2 rings (SSSR count). The van der Waals surface area contributed by atoms with E-state index in [0.717, 1.165) is 10.5 Å². The lowest BCUT2D eigenvalue weighted by atomic mass is 10.1. The first-order valence-electron chi connectivity index (χ1n) is 6.04. The number of alkyl carbamates (subject to hydrolysis) is 1. The largest absolute Gasteiger partial charge is 0.480 e. The molecule has 0 aromatic heterocycles. The monoisotopic (exact) mass is 278 g/mol. The molecule has 1 saturated heterocycles. The molecule has 106 valence electrons. The zero-order chi connectivity index (χ0) is 14.5. The van der Waals surface area contributed by atoms with Gasteiger partial charge in [0.15, 0.2) is 0 Å². The standard InChI is InChI=1S/C13H14N2O5/c16-11(17)7-15-6-10(12(15)18)14-13(19)20-8-9-4-2-1-3-5-9/h1-5,10H,6-8H2,(H,14,19)(H,16,17)/t10-/m0/s1. The van der Waals surface area contributed by atoms with Crippen molar-refractivity contribution in [1.29, 1.82) is 0 Å². The number of hydrogen-bond acceptors (Lipinski definition) is 4. The zero-order valence-corrected chi connectivity index (χ0v) is 10.6. The molecule has 1 aliphatic rings. The molecule has 1 aromatic carbocycles. The van der Waals surface area contributed by atoms with Crippen LogP contribution in [0.1, 0.15) is 5.56 Å². The van der Waals surface area contributed by atoms with Crippen LogP contribution in [0.25, 0.3) is 0 Å². The van der Waals surface area contributed by atoms with Gasteiger partial charge in [-0.15, -0.1) is 0 Å². The maximum Gasteiger partial charge on any atom is 0.408 e. The number of carboxylic acid groups (broad SMARTS) is 1. The van der Waals surface area contributed by atoms with Gasteiger partial charge in [-0.2, -0.15) is 0 Å². The Hall–Kier alpha value is -2.57. The highest BCUT2D eigenvalue weighted by molar-refractivity contribution is 5.93. The Morgan fingerprint density at radius 3 is 2.65 bits per heavy atom. The van der Waals surface area contributed by atoms with Crippen molar-refractivity contribution in [3.63, 3.8) is 0 Å². The Morgan fingerprint density at radius 2 is 2.05 bits per heavy atom. The third kappa shape index (κ3) is 3.47. The summed E-state index contributed by atoms with van der Waals surface area (Å²) < 4.78 is 4.96. The molecule has 0 unspecified atom stereocenters. The van der Waals surface area contributed by atoms with Crippen molar-refractivity contribution in [3.05, 3.63) is 35.9 Å². The Kier molecular flexibility index (Phi) is 4.19. The number of amides is 2. The Labute approximate surface area is 115 Å². The van der Waals surface area contributed by atoms with Gasteiger partial charge in [0, 0.05) is 0 Å². The lowest BCUT2D eigenvalue weighted by molar-refractivity contribution is -0.152. The van der Waals surface area contributed by atoms with Crippen LogP contribution in [0.4, 0.5) is 4.79 Å². The predicted octanol–water partition coefficient (Wildman–Crippen LogP) is 0.208. The van der Waals surface area contributed by atoms with Crippen LogP contribution < -0.4 is 5.32 Å². The molecule has 20 heavy (non-hydrogen) atoms. The molecule has 0 aliphatic carbocycles. The second kappa shape index (κ2) is 6.05. The number of nitrogens with one attached hydrogen (secondary N) is 1. The van der Waals surface area contributed by atoms with Crippen molar-refractivity contribution >= 4 is 18.0 Å². The number of nitrogens with zero attached hydrogens (tertiary/aromatic N) is 1. The fourth-order valence-corrected chi connectivity index (χ4v) is 1.82. The number of aliphatic carboxylic acids is 1. The topological polar surface area (TPSA) is 95.9 Å². The maximum absolute atomic E-state index is 11.5. The summed E-state index contributed by atoms with van der Waals surface area (Å²) in [5.41, 5.74) is 0.843. The van der Waals surface area contributed by atoms with Crippen LogP contribution in [-0.4, -0.2) is 47.1 Å². The highest BCUT2D eigenvalue weighted by atomic mass is 16.5. The normalized spacial score (nSPS) is 17.3. The second-order valence-electron chi connectivity index (χ2n) is 4.37. The van der Waals surface area contributed by atoms with Gasteiger partial charge in [-0.1, -0.05) is 30.3 Å². The first-order valence-corrected chi connectivity index (χ1v) is 6.04. The predicted molar refractivity (Wildman–Crippen MR) is 67.8 cm³/mol. The van der Waals surface area contributed by atoms with E-state index in [-0.39, 0.29) is 19.7 Å². The third-order valence-corrected chi connectivity index (χ3v) is 2.84. The Balaban J connectivity index is 1.71. The molecule has 1 heterocycles. The molecule has 2 amide bonds. The Bertz CT molecular complexity index is 517. The van der Waals surface area contributed by atoms with Gasteiger partial charge in [-0.05, 0) is 5.56 Å². The minimum Gasteiger partial charge on any atom is -0.480 e. The molecular weight excluding hydrogens is 264 g/mol. The van der Waals surface area contributed by atoms with Gasteiger partial charge >= 0.3 is 12.1 Å². The van der Waals surface area contributed by atoms with E-state index in [1.165, 1.54) is 0 Å². The quantitative estimate of drug-likeness (QED) is 0.750. The van der Waals surface area contributed by atoms with E-state index < -0.39 is 24.0 Å². The van der Waals surface area contributed by atoms with Crippen LogP contribution in [0.2, 0.25) is 0 Å². The molecule has 0 bridgehead atoms. The van der Waals surface area contributed by atoms with Crippen LogP contribution in [0.5, 0.6) is 0 Å². The molecule has 7 nitrogen and oxygen atoms in total. The summed E-state index contributed by atoms with van der Waals surface area (Å²) in [4.78, 5) is 34.5. The maximum atomic E-state index is 11.5. The van der Waals surface area contributed by atoms with E-state index in [1.807, 2.05) is 30.3 Å². The van der Waals surface area contributed by atoms with Gasteiger partial charge in [0.25, 0.3) is 0 Å². The SMILES string of the molecule is O=C(O)CN1C[C@H](NC(=O)OCc2ccccc2)C1=O. The first-order chi connectivity index (χ1) is 9.56. The third-order valence-electron chi connectivity index (χ3n) is 2.84. The number of β-lactam (4-membered cyclic amide) rings is 1. The van der Waals surface area contributed by atoms with E-state index in [0.29, 0.717) is 0 Å². The molecule has 1 aliphatic heterocycles. The van der Waals surface area contributed by atoms with Gasteiger partial charge in [0.05, 0.1) is 6.54 Å². The van der Waals surface area contributed by atoms with Crippen molar-refractivity contribution in [2.75, 3.05) is 13.1 Å². The lowest BCUT2D eigenvalue weighted by Crippen LogP contribution is -2.64. The fraction of sp³-hybridized carbons (Fsp3) is 0.308. The van der Waals surface area contributed by atoms with Gasteiger partial charge in [-0.25, -0.2) is 4.79 Å². The number of likely N-dealkylation sites (tertiary alicyclic amines) is 1. The van der Waals surface area contributed by atoms with E-state index in [4.69, 9.17) is 9.84 Å². The summed E-state index contributed by atoms with van der Waals surface area (Å²) in [5.74, 6) is -1.49. The number of ether oxygens (including phenoxy) is 1. The summed E-state index contributed by atoms with van der Waals surface area (Å²) in [6, 6.07) is 8.45. The summed E-state index contributed by atoms with van der Waals surface area (Å²) in [6.45, 7) is -0.0475. The number of rotatable bonds is 5. The molecule has 1 aromatic rings. The average molecular weight is 278 g/mol. The first kappa shape index (κ1) is 13.9. The molecule has 0 saturated carbocycles. The van der Waals surface area contributed by atoms with Crippen LogP contribution >= 0.6 is 0 Å². The number of carbonyl (C=O) groups excluding carboxylic acids is 2. The van der Waals surface area contributed by atoms with Crippen molar-refractivity contribution in [2.24, 2.45) is 0 Å². The van der Waals surface area contributed by atoms with Gasteiger partial charge in [0.1, 0.15) is 19.2 Å². The highest BCUT2D eigenvalue weighted by Gasteiger charge is 2.38.